The highest BCUT2D eigenvalue weighted by atomic mass is 127. The molecule has 1 aromatic carbocycles. The third-order valence-corrected chi connectivity index (χ3v) is 3.57. The fraction of sp³-hybridized carbons (Fsp3) is 0.588. The summed E-state index contributed by atoms with van der Waals surface area (Å²) in [6.07, 6.45) is 0.646. The summed E-state index contributed by atoms with van der Waals surface area (Å²) in [4.78, 5) is 6.90. The molecule has 0 spiro atoms. The van der Waals surface area contributed by atoms with Gasteiger partial charge in [-0.05, 0) is 38.1 Å². The maximum atomic E-state index is 13.6. The van der Waals surface area contributed by atoms with E-state index in [1.54, 1.807) is 6.07 Å². The first-order chi connectivity index (χ1) is 10.7. The molecule has 0 radical (unpaired) electrons. The molecule has 0 saturated carbocycles. The van der Waals surface area contributed by atoms with Crippen LogP contribution in [-0.4, -0.2) is 50.1 Å². The molecule has 0 heterocycles. The third-order valence-electron chi connectivity index (χ3n) is 3.57. The van der Waals surface area contributed by atoms with Gasteiger partial charge in [-0.3, -0.25) is 4.99 Å². The SMILES string of the molecule is CCNC(=NCCN(CC)CC)NCCc1ccccc1F.I. The minimum absolute atomic E-state index is 0. The Morgan fingerprint density at radius 1 is 1.13 bits per heavy atom. The van der Waals surface area contributed by atoms with E-state index in [0.717, 1.165) is 44.2 Å². The number of hydrogen-bond acceptors (Lipinski definition) is 2. The first-order valence-corrected chi connectivity index (χ1v) is 8.19. The minimum atomic E-state index is -0.146. The number of rotatable bonds is 9. The van der Waals surface area contributed by atoms with E-state index >= 15 is 0 Å². The molecule has 6 heteroatoms. The summed E-state index contributed by atoms with van der Waals surface area (Å²) in [5, 5.41) is 6.48. The summed E-state index contributed by atoms with van der Waals surface area (Å²) < 4.78 is 13.6. The summed E-state index contributed by atoms with van der Waals surface area (Å²) in [5.41, 5.74) is 0.731. The van der Waals surface area contributed by atoms with Crippen LogP contribution in [0.2, 0.25) is 0 Å². The second-order valence-electron chi connectivity index (χ2n) is 5.06. The van der Waals surface area contributed by atoms with Gasteiger partial charge >= 0.3 is 0 Å². The van der Waals surface area contributed by atoms with Gasteiger partial charge in [0.2, 0.25) is 0 Å². The number of nitrogens with one attached hydrogen (secondary N) is 2. The van der Waals surface area contributed by atoms with E-state index in [-0.39, 0.29) is 29.8 Å². The van der Waals surface area contributed by atoms with E-state index in [2.05, 4.69) is 34.4 Å². The number of nitrogens with zero attached hydrogens (tertiary/aromatic N) is 2. The van der Waals surface area contributed by atoms with Crippen LogP contribution in [-0.2, 0) is 6.42 Å². The zero-order valence-corrected chi connectivity index (χ0v) is 16.8. The van der Waals surface area contributed by atoms with Crippen LogP contribution in [0.5, 0.6) is 0 Å². The normalized spacial score (nSPS) is 11.3. The Bertz CT molecular complexity index is 450. The molecule has 132 valence electrons. The Hall–Kier alpha value is -0.890. The van der Waals surface area contributed by atoms with Gasteiger partial charge < -0.3 is 15.5 Å². The van der Waals surface area contributed by atoms with Crippen LogP contribution in [0.3, 0.4) is 0 Å². The maximum absolute atomic E-state index is 13.6. The van der Waals surface area contributed by atoms with E-state index < -0.39 is 0 Å². The molecule has 1 aromatic rings. The highest BCUT2D eigenvalue weighted by molar-refractivity contribution is 14.0. The third kappa shape index (κ3) is 9.10. The van der Waals surface area contributed by atoms with Gasteiger partial charge in [-0.25, -0.2) is 4.39 Å². The number of hydrogen-bond donors (Lipinski definition) is 2. The number of likely N-dealkylation sites (N-methyl/N-ethyl adjacent to an activating group) is 1. The molecule has 0 aromatic heterocycles. The molecule has 0 bridgehead atoms. The van der Waals surface area contributed by atoms with Gasteiger partial charge in [0.15, 0.2) is 5.96 Å². The summed E-state index contributed by atoms with van der Waals surface area (Å²) in [5.74, 6) is 0.652. The fourth-order valence-corrected chi connectivity index (χ4v) is 2.20. The molecule has 0 atom stereocenters. The number of halogens is 2. The first kappa shape index (κ1) is 22.1. The van der Waals surface area contributed by atoms with Gasteiger partial charge in [-0.1, -0.05) is 32.0 Å². The molecule has 1 rings (SSSR count). The number of aliphatic imine (C=N–C) groups is 1. The standard InChI is InChI=1S/C17H29FN4.HI/c1-4-19-17(21-13-14-22(5-2)6-3)20-12-11-15-9-7-8-10-16(15)18;/h7-10H,4-6,11-14H2,1-3H3,(H2,19,20,21);1H. The monoisotopic (exact) mass is 436 g/mol. The largest absolute Gasteiger partial charge is 0.357 e. The van der Waals surface area contributed by atoms with Crippen molar-refractivity contribution in [1.82, 2.24) is 15.5 Å². The summed E-state index contributed by atoms with van der Waals surface area (Å²) >= 11 is 0. The summed E-state index contributed by atoms with van der Waals surface area (Å²) in [7, 11) is 0. The van der Waals surface area contributed by atoms with Gasteiger partial charge in [0.1, 0.15) is 5.82 Å². The van der Waals surface area contributed by atoms with Crippen LogP contribution >= 0.6 is 24.0 Å². The van der Waals surface area contributed by atoms with Crippen LogP contribution in [0.1, 0.15) is 26.3 Å². The molecule has 23 heavy (non-hydrogen) atoms. The van der Waals surface area contributed by atoms with Crippen molar-refractivity contribution in [2.24, 2.45) is 4.99 Å². The molecule has 0 fully saturated rings. The van der Waals surface area contributed by atoms with Crippen molar-refractivity contribution < 1.29 is 4.39 Å². The van der Waals surface area contributed by atoms with E-state index in [0.29, 0.717) is 13.0 Å². The molecule has 0 saturated heterocycles. The van der Waals surface area contributed by atoms with Crippen LogP contribution in [0.25, 0.3) is 0 Å². The Morgan fingerprint density at radius 2 is 1.83 bits per heavy atom. The number of benzene rings is 1. The van der Waals surface area contributed by atoms with E-state index in [1.165, 1.54) is 6.07 Å². The van der Waals surface area contributed by atoms with Crippen molar-refractivity contribution in [3.05, 3.63) is 35.6 Å². The molecule has 0 unspecified atom stereocenters. The predicted molar refractivity (Wildman–Crippen MR) is 107 cm³/mol. The Balaban J connectivity index is 0.00000484. The lowest BCUT2D eigenvalue weighted by atomic mass is 10.1. The first-order valence-electron chi connectivity index (χ1n) is 8.19. The van der Waals surface area contributed by atoms with Crippen LogP contribution in [0.4, 0.5) is 4.39 Å². The van der Waals surface area contributed by atoms with Crippen molar-refractivity contribution >= 4 is 29.9 Å². The lowest BCUT2D eigenvalue weighted by Crippen LogP contribution is -2.39. The van der Waals surface area contributed by atoms with Crippen LogP contribution < -0.4 is 10.6 Å². The van der Waals surface area contributed by atoms with Crippen molar-refractivity contribution in [1.29, 1.82) is 0 Å². The summed E-state index contributed by atoms with van der Waals surface area (Å²) in [6.45, 7) is 11.6. The maximum Gasteiger partial charge on any atom is 0.191 e. The zero-order chi connectivity index (χ0) is 16.2. The van der Waals surface area contributed by atoms with Crippen molar-refractivity contribution in [2.75, 3.05) is 39.3 Å². The predicted octanol–water partition coefficient (Wildman–Crippen LogP) is 2.88. The molecular weight excluding hydrogens is 406 g/mol. The van der Waals surface area contributed by atoms with Gasteiger partial charge in [-0.2, -0.15) is 0 Å². The minimum Gasteiger partial charge on any atom is -0.357 e. The second-order valence-corrected chi connectivity index (χ2v) is 5.06. The van der Waals surface area contributed by atoms with Gasteiger partial charge in [0, 0.05) is 19.6 Å². The van der Waals surface area contributed by atoms with Crippen LogP contribution in [0.15, 0.2) is 29.3 Å². The molecule has 2 N–H and O–H groups in total. The van der Waals surface area contributed by atoms with E-state index in [9.17, 15) is 4.39 Å². The Kier molecular flexibility index (Phi) is 13.0. The van der Waals surface area contributed by atoms with E-state index in [4.69, 9.17) is 0 Å². The molecular formula is C17H30FIN4. The average molecular weight is 436 g/mol. The Morgan fingerprint density at radius 3 is 2.43 bits per heavy atom. The van der Waals surface area contributed by atoms with Crippen molar-refractivity contribution in [3.63, 3.8) is 0 Å². The highest BCUT2D eigenvalue weighted by Gasteiger charge is 2.02. The quantitative estimate of drug-likeness (QED) is 0.355. The van der Waals surface area contributed by atoms with Gasteiger partial charge in [0.25, 0.3) is 0 Å². The Labute approximate surface area is 157 Å². The fourth-order valence-electron chi connectivity index (χ4n) is 2.20. The van der Waals surface area contributed by atoms with Gasteiger partial charge in [-0.15, -0.1) is 24.0 Å². The molecule has 0 aliphatic carbocycles. The van der Waals surface area contributed by atoms with Gasteiger partial charge in [0.05, 0.1) is 6.54 Å². The molecule has 4 nitrogen and oxygen atoms in total. The highest BCUT2D eigenvalue weighted by Crippen LogP contribution is 2.05. The zero-order valence-electron chi connectivity index (χ0n) is 14.4. The number of guanidine groups is 1. The lowest BCUT2D eigenvalue weighted by Gasteiger charge is -2.17. The molecule has 0 aliphatic rings. The van der Waals surface area contributed by atoms with Crippen LogP contribution in [0, 0.1) is 5.82 Å². The lowest BCUT2D eigenvalue weighted by molar-refractivity contribution is 0.313. The molecule has 0 amide bonds. The topological polar surface area (TPSA) is 39.7 Å². The smallest absolute Gasteiger partial charge is 0.191 e. The van der Waals surface area contributed by atoms with E-state index in [1.807, 2.05) is 19.1 Å². The van der Waals surface area contributed by atoms with Crippen molar-refractivity contribution in [3.8, 4) is 0 Å². The molecule has 0 aliphatic heterocycles. The average Bonchev–Trinajstić information content (AvgIpc) is 2.53. The second kappa shape index (κ2) is 13.5. The summed E-state index contributed by atoms with van der Waals surface area (Å²) in [6, 6.07) is 6.90. The van der Waals surface area contributed by atoms with Crippen molar-refractivity contribution in [2.45, 2.75) is 27.2 Å².